The van der Waals surface area contributed by atoms with Gasteiger partial charge in [0.1, 0.15) is 11.5 Å². The second kappa shape index (κ2) is 10.7. The van der Waals surface area contributed by atoms with Crippen molar-refractivity contribution in [2.24, 2.45) is 0 Å². The van der Waals surface area contributed by atoms with Crippen LogP contribution in [0.5, 0.6) is 5.75 Å². The smallest absolute Gasteiger partial charge is 0.300 e. The van der Waals surface area contributed by atoms with Crippen molar-refractivity contribution in [3.63, 3.8) is 0 Å². The lowest BCUT2D eigenvalue weighted by atomic mass is 9.93. The maximum absolute atomic E-state index is 13.6. The summed E-state index contributed by atoms with van der Waals surface area (Å²) in [4.78, 5) is 31.0. The average Bonchev–Trinajstić information content (AvgIpc) is 3.14. The Labute approximate surface area is 225 Å². The largest absolute Gasteiger partial charge is 0.507 e. The number of aliphatic hydroxyl groups excluding tert-OH is 1. The van der Waals surface area contributed by atoms with E-state index >= 15 is 0 Å². The molecular weight excluding hydrogens is 476 g/mol. The lowest BCUT2D eigenvalue weighted by molar-refractivity contribution is -0.132. The van der Waals surface area contributed by atoms with Crippen molar-refractivity contribution >= 4 is 28.8 Å². The molecule has 3 aromatic rings. The molecule has 0 radical (unpaired) electrons. The van der Waals surface area contributed by atoms with E-state index in [2.05, 4.69) is 18.7 Å². The number of anilines is 2. The van der Waals surface area contributed by atoms with Crippen LogP contribution in [0.15, 0.2) is 60.2 Å². The number of carbonyl (C=O) groups is 2. The number of rotatable bonds is 7. The summed E-state index contributed by atoms with van der Waals surface area (Å²) in [5.74, 6) is -1.15. The lowest BCUT2D eigenvalue weighted by Gasteiger charge is -2.28. The number of methoxy groups -OCH3 is 1. The molecule has 1 unspecified atom stereocenters. The molecule has 38 heavy (non-hydrogen) atoms. The van der Waals surface area contributed by atoms with Crippen molar-refractivity contribution < 1.29 is 19.4 Å². The summed E-state index contributed by atoms with van der Waals surface area (Å²) < 4.78 is 5.62. The monoisotopic (exact) mass is 512 g/mol. The molecule has 4 rings (SSSR count). The summed E-state index contributed by atoms with van der Waals surface area (Å²) in [6.45, 7) is 13.6. The molecule has 1 aliphatic rings. The van der Waals surface area contributed by atoms with Crippen LogP contribution in [0.3, 0.4) is 0 Å². The SMILES string of the molecule is CCN(CC)c1ccc(C2/C(=C(\O)c3cc(C)cc(C)c3OC)C(=O)C(=O)N2c2ccc(C)cc2C)cc1. The number of hydrogen-bond donors (Lipinski definition) is 1. The van der Waals surface area contributed by atoms with Crippen LogP contribution in [0.25, 0.3) is 5.76 Å². The zero-order valence-corrected chi connectivity index (χ0v) is 23.3. The van der Waals surface area contributed by atoms with Crippen molar-refractivity contribution in [3.05, 3.63) is 93.6 Å². The topological polar surface area (TPSA) is 70.1 Å². The maximum atomic E-state index is 13.6. The summed E-state index contributed by atoms with van der Waals surface area (Å²) in [5.41, 5.74) is 6.56. The van der Waals surface area contributed by atoms with E-state index in [0.717, 1.165) is 46.6 Å². The van der Waals surface area contributed by atoms with E-state index in [1.807, 2.05) is 76.2 Å². The Balaban J connectivity index is 1.99. The molecular formula is C32H36N2O4. The van der Waals surface area contributed by atoms with Gasteiger partial charge in [-0.1, -0.05) is 35.9 Å². The Hall–Kier alpha value is -4.06. The fourth-order valence-electron chi connectivity index (χ4n) is 5.47. The predicted molar refractivity (Wildman–Crippen MR) is 153 cm³/mol. The first kappa shape index (κ1) is 27.0. The number of amides is 1. The first-order valence-electron chi connectivity index (χ1n) is 13.0. The number of ketones is 1. The van der Waals surface area contributed by atoms with Gasteiger partial charge in [-0.05, 0) is 88.1 Å². The third kappa shape index (κ3) is 4.67. The number of aryl methyl sites for hydroxylation is 4. The second-order valence-corrected chi connectivity index (χ2v) is 9.89. The highest BCUT2D eigenvalue weighted by molar-refractivity contribution is 6.51. The summed E-state index contributed by atoms with van der Waals surface area (Å²) in [6, 6.07) is 16.6. The molecule has 1 amide bonds. The van der Waals surface area contributed by atoms with Gasteiger partial charge >= 0.3 is 0 Å². The third-order valence-electron chi connectivity index (χ3n) is 7.27. The standard InChI is InChI=1S/C32H36N2O4/c1-8-33(9-2)24-13-11-23(12-14-24)28-27(29(35)25-18-20(4)17-22(6)31(25)38-7)30(36)32(37)34(28)26-15-10-19(3)16-21(26)5/h10-18,28,35H,8-9H2,1-7H3/b29-27+. The number of benzene rings is 3. The van der Waals surface area contributed by atoms with E-state index in [4.69, 9.17) is 4.74 Å². The number of carbonyl (C=O) groups excluding carboxylic acids is 2. The molecule has 0 spiro atoms. The molecule has 3 aromatic carbocycles. The van der Waals surface area contributed by atoms with Gasteiger partial charge in [0, 0.05) is 24.5 Å². The highest BCUT2D eigenvalue weighted by Crippen LogP contribution is 2.45. The van der Waals surface area contributed by atoms with Gasteiger partial charge in [0.15, 0.2) is 0 Å². The zero-order valence-electron chi connectivity index (χ0n) is 23.3. The fraction of sp³-hybridized carbons (Fsp3) is 0.312. The van der Waals surface area contributed by atoms with Crippen LogP contribution in [0.4, 0.5) is 11.4 Å². The van der Waals surface area contributed by atoms with Crippen molar-refractivity contribution in [3.8, 4) is 5.75 Å². The van der Waals surface area contributed by atoms with Crippen LogP contribution < -0.4 is 14.5 Å². The molecule has 6 heteroatoms. The number of aliphatic hydroxyl groups is 1. The first-order chi connectivity index (χ1) is 18.1. The van der Waals surface area contributed by atoms with Gasteiger partial charge in [-0.3, -0.25) is 14.5 Å². The van der Waals surface area contributed by atoms with Gasteiger partial charge in [0.05, 0.1) is 24.3 Å². The Morgan fingerprint density at radius 1 is 0.895 bits per heavy atom. The van der Waals surface area contributed by atoms with E-state index < -0.39 is 17.7 Å². The van der Waals surface area contributed by atoms with Crippen LogP contribution >= 0.6 is 0 Å². The summed E-state index contributed by atoms with van der Waals surface area (Å²) in [5, 5.41) is 11.7. The van der Waals surface area contributed by atoms with Crippen LogP contribution in [-0.2, 0) is 9.59 Å². The van der Waals surface area contributed by atoms with Gasteiger partial charge in [-0.15, -0.1) is 0 Å². The van der Waals surface area contributed by atoms with E-state index in [0.29, 0.717) is 17.0 Å². The van der Waals surface area contributed by atoms with E-state index in [1.54, 1.807) is 6.07 Å². The number of ether oxygens (including phenoxy) is 1. The Morgan fingerprint density at radius 3 is 2.11 bits per heavy atom. The minimum absolute atomic E-state index is 0.0499. The Kier molecular flexibility index (Phi) is 7.63. The molecule has 1 saturated heterocycles. The molecule has 198 valence electrons. The molecule has 1 N–H and O–H groups in total. The molecule has 1 fully saturated rings. The summed E-state index contributed by atoms with van der Waals surface area (Å²) in [6.07, 6.45) is 0. The maximum Gasteiger partial charge on any atom is 0.300 e. The van der Waals surface area contributed by atoms with E-state index in [-0.39, 0.29) is 11.3 Å². The predicted octanol–water partition coefficient (Wildman–Crippen LogP) is 6.40. The Morgan fingerprint density at radius 2 is 1.53 bits per heavy atom. The van der Waals surface area contributed by atoms with E-state index in [1.165, 1.54) is 12.0 Å². The molecule has 0 saturated carbocycles. The highest BCUT2D eigenvalue weighted by Gasteiger charge is 2.47. The van der Waals surface area contributed by atoms with Crippen LogP contribution in [-0.4, -0.2) is 37.0 Å². The molecule has 0 bridgehead atoms. The lowest BCUT2D eigenvalue weighted by Crippen LogP contribution is -2.30. The minimum atomic E-state index is -0.798. The average molecular weight is 513 g/mol. The fourth-order valence-corrected chi connectivity index (χ4v) is 5.47. The highest BCUT2D eigenvalue weighted by atomic mass is 16.5. The number of Topliss-reactive ketones (excluding diaryl/α,β-unsaturated/α-hetero) is 1. The molecule has 1 aliphatic heterocycles. The second-order valence-electron chi connectivity index (χ2n) is 9.89. The molecule has 1 atom stereocenters. The third-order valence-corrected chi connectivity index (χ3v) is 7.27. The van der Waals surface area contributed by atoms with E-state index in [9.17, 15) is 14.7 Å². The van der Waals surface area contributed by atoms with Crippen molar-refractivity contribution in [1.29, 1.82) is 0 Å². The minimum Gasteiger partial charge on any atom is -0.507 e. The zero-order chi connectivity index (χ0) is 27.7. The summed E-state index contributed by atoms with van der Waals surface area (Å²) in [7, 11) is 1.53. The van der Waals surface area contributed by atoms with Crippen LogP contribution in [0.2, 0.25) is 0 Å². The molecule has 0 aliphatic carbocycles. The molecule has 0 aromatic heterocycles. The van der Waals surface area contributed by atoms with Crippen molar-refractivity contribution in [2.75, 3.05) is 30.0 Å². The molecule has 6 nitrogen and oxygen atoms in total. The Bertz CT molecular complexity index is 1420. The van der Waals surface area contributed by atoms with Gasteiger partial charge in [0.2, 0.25) is 0 Å². The normalized spacial score (nSPS) is 16.7. The van der Waals surface area contributed by atoms with Gasteiger partial charge in [0.25, 0.3) is 11.7 Å². The first-order valence-corrected chi connectivity index (χ1v) is 13.0. The van der Waals surface area contributed by atoms with Crippen molar-refractivity contribution in [2.45, 2.75) is 47.6 Å². The summed E-state index contributed by atoms with van der Waals surface area (Å²) >= 11 is 0. The number of hydrogen-bond acceptors (Lipinski definition) is 5. The van der Waals surface area contributed by atoms with Gasteiger partial charge in [-0.2, -0.15) is 0 Å². The van der Waals surface area contributed by atoms with Crippen LogP contribution in [0, 0.1) is 27.7 Å². The quantitative estimate of drug-likeness (QED) is 0.225. The van der Waals surface area contributed by atoms with Gasteiger partial charge in [-0.25, -0.2) is 0 Å². The molecule has 1 heterocycles. The number of nitrogens with zero attached hydrogens (tertiary/aromatic N) is 2. The van der Waals surface area contributed by atoms with Crippen LogP contribution in [0.1, 0.15) is 53.3 Å². The van der Waals surface area contributed by atoms with Gasteiger partial charge < -0.3 is 14.7 Å². The van der Waals surface area contributed by atoms with Crippen molar-refractivity contribution in [1.82, 2.24) is 0 Å².